The smallest absolute Gasteiger partial charge is 0.329 e. The van der Waals surface area contributed by atoms with E-state index in [0.717, 1.165) is 24.1 Å². The highest BCUT2D eigenvalue weighted by Crippen LogP contribution is 2.28. The number of aryl methyl sites for hydroxylation is 1. The fourth-order valence-electron chi connectivity index (χ4n) is 2.55. The van der Waals surface area contributed by atoms with Crippen molar-refractivity contribution in [2.45, 2.75) is 45.2 Å². The fraction of sp³-hybridized carbons (Fsp3) is 0.533. The summed E-state index contributed by atoms with van der Waals surface area (Å²) in [6, 6.07) is 3.44. The van der Waals surface area contributed by atoms with Gasteiger partial charge in [0.2, 0.25) is 0 Å². The van der Waals surface area contributed by atoms with Gasteiger partial charge in [0.25, 0.3) is 0 Å². The van der Waals surface area contributed by atoms with E-state index in [1.54, 1.807) is 13.1 Å². The normalized spacial score (nSPS) is 21.9. The number of amides is 2. The summed E-state index contributed by atoms with van der Waals surface area (Å²) in [7, 11) is 0. The second-order valence-corrected chi connectivity index (χ2v) is 5.65. The van der Waals surface area contributed by atoms with Crippen molar-refractivity contribution in [3.63, 3.8) is 0 Å². The van der Waals surface area contributed by atoms with E-state index < -0.39 is 11.5 Å². The summed E-state index contributed by atoms with van der Waals surface area (Å²) in [6.45, 7) is 4.33. The molecule has 0 aromatic carbocycles. The minimum Gasteiger partial charge on any atom is -0.480 e. The quantitative estimate of drug-likeness (QED) is 0.891. The lowest BCUT2D eigenvalue weighted by molar-refractivity contribution is -0.150. The Morgan fingerprint density at radius 1 is 1.43 bits per heavy atom. The summed E-state index contributed by atoms with van der Waals surface area (Å²) in [5, 5.41) is 12.2. The molecule has 21 heavy (non-hydrogen) atoms. The van der Waals surface area contributed by atoms with Gasteiger partial charge in [-0.25, -0.2) is 9.59 Å². The Kier molecular flexibility index (Phi) is 4.45. The van der Waals surface area contributed by atoms with Crippen LogP contribution in [0.25, 0.3) is 0 Å². The average Bonchev–Trinajstić information content (AvgIpc) is 2.46. The van der Waals surface area contributed by atoms with E-state index in [4.69, 9.17) is 0 Å². The molecule has 114 valence electrons. The van der Waals surface area contributed by atoms with E-state index >= 15 is 0 Å². The van der Waals surface area contributed by atoms with Gasteiger partial charge in [-0.3, -0.25) is 4.98 Å². The van der Waals surface area contributed by atoms with Gasteiger partial charge in [-0.05, 0) is 44.7 Å². The number of carbonyl (C=O) groups is 2. The van der Waals surface area contributed by atoms with Crippen molar-refractivity contribution in [3.05, 3.63) is 29.6 Å². The highest BCUT2D eigenvalue weighted by Gasteiger charge is 2.43. The molecule has 1 unspecified atom stereocenters. The second kappa shape index (κ2) is 6.11. The minimum absolute atomic E-state index is 0.333. The molecule has 1 aliphatic heterocycles. The Balaban J connectivity index is 2.01. The topological polar surface area (TPSA) is 82.5 Å². The van der Waals surface area contributed by atoms with Crippen molar-refractivity contribution in [1.82, 2.24) is 15.2 Å². The van der Waals surface area contributed by atoms with Gasteiger partial charge in [0.1, 0.15) is 5.54 Å². The zero-order chi connectivity index (χ0) is 15.5. The van der Waals surface area contributed by atoms with Crippen LogP contribution in [0.5, 0.6) is 0 Å². The Labute approximate surface area is 124 Å². The lowest BCUT2D eigenvalue weighted by atomic mass is 9.89. The van der Waals surface area contributed by atoms with Crippen LogP contribution < -0.4 is 5.32 Å². The molecule has 0 spiro atoms. The number of carbonyl (C=O) groups excluding carboxylic acids is 1. The molecule has 0 saturated carbocycles. The second-order valence-electron chi connectivity index (χ2n) is 5.65. The molecule has 1 aliphatic rings. The number of hydrogen-bond donors (Lipinski definition) is 2. The fourth-order valence-corrected chi connectivity index (χ4v) is 2.55. The van der Waals surface area contributed by atoms with Crippen molar-refractivity contribution in [1.29, 1.82) is 0 Å². The maximum Gasteiger partial charge on any atom is 0.329 e. The predicted molar refractivity (Wildman–Crippen MR) is 77.8 cm³/mol. The maximum atomic E-state index is 12.3. The molecule has 2 rings (SSSR count). The number of carboxylic acid groups (broad SMARTS) is 1. The van der Waals surface area contributed by atoms with Crippen LogP contribution in [-0.4, -0.2) is 39.1 Å². The monoisotopic (exact) mass is 291 g/mol. The zero-order valence-electron chi connectivity index (χ0n) is 12.4. The number of carboxylic acids is 1. The van der Waals surface area contributed by atoms with Gasteiger partial charge < -0.3 is 15.3 Å². The Bertz CT molecular complexity index is 529. The highest BCUT2D eigenvalue weighted by molar-refractivity contribution is 5.86. The molecule has 6 heteroatoms. The van der Waals surface area contributed by atoms with Crippen molar-refractivity contribution < 1.29 is 14.7 Å². The molecule has 1 atom stereocenters. The van der Waals surface area contributed by atoms with E-state index in [9.17, 15) is 14.7 Å². The first-order valence-electron chi connectivity index (χ1n) is 7.14. The lowest BCUT2D eigenvalue weighted by Crippen LogP contribution is -2.59. The third-order valence-corrected chi connectivity index (χ3v) is 4.01. The largest absolute Gasteiger partial charge is 0.480 e. The van der Waals surface area contributed by atoms with Crippen LogP contribution >= 0.6 is 0 Å². The van der Waals surface area contributed by atoms with Crippen LogP contribution in [0.4, 0.5) is 4.79 Å². The van der Waals surface area contributed by atoms with Gasteiger partial charge >= 0.3 is 12.0 Å². The lowest BCUT2D eigenvalue weighted by Gasteiger charge is -2.41. The number of urea groups is 1. The number of aliphatic carboxylic acids is 1. The molecule has 2 heterocycles. The van der Waals surface area contributed by atoms with Crippen molar-refractivity contribution in [2.24, 2.45) is 0 Å². The highest BCUT2D eigenvalue weighted by atomic mass is 16.4. The third-order valence-electron chi connectivity index (χ3n) is 4.01. The molecule has 1 aromatic rings. The number of hydrogen-bond acceptors (Lipinski definition) is 3. The molecule has 6 nitrogen and oxygen atoms in total. The molecular formula is C15H21N3O3. The Hall–Kier alpha value is -2.11. The van der Waals surface area contributed by atoms with Gasteiger partial charge in [-0.2, -0.15) is 0 Å². The molecule has 2 N–H and O–H groups in total. The summed E-state index contributed by atoms with van der Waals surface area (Å²) in [4.78, 5) is 29.4. The molecule has 0 aliphatic carbocycles. The predicted octanol–water partition coefficient (Wildman–Crippen LogP) is 1.93. The van der Waals surface area contributed by atoms with Crippen LogP contribution in [0.3, 0.4) is 0 Å². The number of nitrogens with zero attached hydrogens (tertiary/aromatic N) is 2. The molecule has 2 amide bonds. The van der Waals surface area contributed by atoms with Gasteiger partial charge in [0.05, 0.1) is 0 Å². The maximum absolute atomic E-state index is 12.3. The first-order valence-corrected chi connectivity index (χ1v) is 7.14. The number of rotatable bonds is 3. The van der Waals surface area contributed by atoms with E-state index in [-0.39, 0.29) is 6.03 Å². The molecule has 0 bridgehead atoms. The number of piperidine rings is 1. The van der Waals surface area contributed by atoms with Crippen LogP contribution in [0.2, 0.25) is 0 Å². The Morgan fingerprint density at radius 3 is 2.81 bits per heavy atom. The van der Waals surface area contributed by atoms with Crippen molar-refractivity contribution in [3.8, 4) is 0 Å². The number of likely N-dealkylation sites (tertiary alicyclic amines) is 1. The molecular weight excluding hydrogens is 270 g/mol. The summed E-state index contributed by atoms with van der Waals surface area (Å²) in [6.07, 6.45) is 3.86. The van der Waals surface area contributed by atoms with Crippen LogP contribution in [-0.2, 0) is 11.3 Å². The van der Waals surface area contributed by atoms with Gasteiger partial charge in [-0.15, -0.1) is 0 Å². The average molecular weight is 291 g/mol. The van der Waals surface area contributed by atoms with Crippen LogP contribution in [0, 0.1) is 6.92 Å². The molecule has 0 radical (unpaired) electrons. The van der Waals surface area contributed by atoms with Gasteiger partial charge in [0, 0.05) is 25.0 Å². The van der Waals surface area contributed by atoms with E-state index in [1.807, 2.05) is 19.1 Å². The van der Waals surface area contributed by atoms with Crippen LogP contribution in [0.1, 0.15) is 37.4 Å². The first-order chi connectivity index (χ1) is 9.93. The third kappa shape index (κ3) is 3.32. The molecule has 1 aromatic heterocycles. The number of nitrogens with one attached hydrogen (secondary N) is 1. The summed E-state index contributed by atoms with van der Waals surface area (Å²) < 4.78 is 0. The molecule has 1 fully saturated rings. The van der Waals surface area contributed by atoms with E-state index in [0.29, 0.717) is 19.5 Å². The SMILES string of the molecule is Cc1ccc(CNC(=O)N2CCCCC2(C)C(=O)O)cn1. The van der Waals surface area contributed by atoms with Crippen LogP contribution in [0.15, 0.2) is 18.3 Å². The summed E-state index contributed by atoms with van der Waals surface area (Å²) >= 11 is 0. The number of aromatic nitrogens is 1. The zero-order valence-corrected chi connectivity index (χ0v) is 12.4. The van der Waals surface area contributed by atoms with E-state index in [1.165, 1.54) is 4.90 Å². The molecule has 1 saturated heterocycles. The van der Waals surface area contributed by atoms with Crippen molar-refractivity contribution >= 4 is 12.0 Å². The first kappa shape index (κ1) is 15.3. The van der Waals surface area contributed by atoms with Crippen molar-refractivity contribution in [2.75, 3.05) is 6.54 Å². The number of pyridine rings is 1. The minimum atomic E-state index is -1.12. The standard InChI is InChI=1S/C15H21N3O3/c1-11-5-6-12(9-16-11)10-17-14(21)18-8-4-3-7-15(18,2)13(19)20/h5-6,9H,3-4,7-8,10H2,1-2H3,(H,17,21)(H,19,20). The summed E-state index contributed by atoms with van der Waals surface area (Å²) in [5.74, 6) is -0.950. The summed E-state index contributed by atoms with van der Waals surface area (Å²) in [5.41, 5.74) is 0.691. The van der Waals surface area contributed by atoms with Gasteiger partial charge in [-0.1, -0.05) is 6.07 Å². The van der Waals surface area contributed by atoms with E-state index in [2.05, 4.69) is 10.3 Å². The Morgan fingerprint density at radius 2 is 2.19 bits per heavy atom. The van der Waals surface area contributed by atoms with Gasteiger partial charge in [0.15, 0.2) is 0 Å².